The number of aryl methyl sites for hydroxylation is 1. The van der Waals surface area contributed by atoms with Gasteiger partial charge in [-0.15, -0.1) is 5.10 Å². The summed E-state index contributed by atoms with van der Waals surface area (Å²) >= 11 is 0. The highest BCUT2D eigenvalue weighted by Gasteiger charge is 2.14. The summed E-state index contributed by atoms with van der Waals surface area (Å²) in [5, 5.41) is 7.42. The molecule has 1 amide bonds. The molecular weight excluding hydrogens is 337 g/mol. The fourth-order valence-electron chi connectivity index (χ4n) is 2.76. The van der Waals surface area contributed by atoms with Crippen LogP contribution < -0.4 is 11.0 Å². The number of rotatable bonds is 3. The number of para-hydroxylation sites is 1. The van der Waals surface area contributed by atoms with Gasteiger partial charge in [0.25, 0.3) is 0 Å². The molecule has 130 valence electrons. The third-order valence-electron chi connectivity index (χ3n) is 4.02. The van der Waals surface area contributed by atoms with E-state index in [1.807, 2.05) is 25.1 Å². The van der Waals surface area contributed by atoms with Gasteiger partial charge in [-0.05, 0) is 31.2 Å². The highest BCUT2D eigenvalue weighted by atomic mass is 19.1. The number of amides is 1. The third kappa shape index (κ3) is 2.71. The molecule has 0 radical (unpaired) electrons. The maximum atomic E-state index is 13.6. The molecule has 0 aliphatic rings. The zero-order valence-electron chi connectivity index (χ0n) is 13.8. The first-order valence-electron chi connectivity index (χ1n) is 7.92. The quantitative estimate of drug-likeness (QED) is 0.613. The van der Waals surface area contributed by atoms with Crippen molar-refractivity contribution in [2.75, 3.05) is 5.32 Å². The second-order valence-electron chi connectivity index (χ2n) is 5.93. The topological polar surface area (TPSA) is 81.3 Å². The minimum Gasteiger partial charge on any atom is -0.322 e. The van der Waals surface area contributed by atoms with E-state index in [0.717, 1.165) is 15.6 Å². The van der Waals surface area contributed by atoms with Crippen LogP contribution in [-0.4, -0.2) is 25.1 Å². The molecule has 2 heterocycles. The molecule has 8 heteroatoms. The Morgan fingerprint density at radius 1 is 1.23 bits per heavy atom. The van der Waals surface area contributed by atoms with Crippen molar-refractivity contribution in [3.05, 3.63) is 70.7 Å². The Morgan fingerprint density at radius 3 is 2.85 bits per heavy atom. The van der Waals surface area contributed by atoms with E-state index in [4.69, 9.17) is 0 Å². The van der Waals surface area contributed by atoms with Crippen LogP contribution in [0.3, 0.4) is 0 Å². The van der Waals surface area contributed by atoms with Crippen LogP contribution >= 0.6 is 0 Å². The fraction of sp³-hybridized carbons (Fsp3) is 0.111. The number of carbonyl (C=O) groups is 1. The summed E-state index contributed by atoms with van der Waals surface area (Å²) in [7, 11) is 0. The highest BCUT2D eigenvalue weighted by molar-refractivity contribution is 5.92. The number of benzene rings is 2. The number of halogens is 1. The molecule has 4 rings (SSSR count). The lowest BCUT2D eigenvalue weighted by Gasteiger charge is -2.05. The number of anilines is 1. The van der Waals surface area contributed by atoms with E-state index >= 15 is 0 Å². The van der Waals surface area contributed by atoms with Crippen molar-refractivity contribution in [1.82, 2.24) is 19.2 Å². The number of nitrogens with one attached hydrogen (secondary N) is 1. The maximum Gasteiger partial charge on any atom is 0.352 e. The van der Waals surface area contributed by atoms with E-state index in [1.54, 1.807) is 6.07 Å². The van der Waals surface area contributed by atoms with Gasteiger partial charge in [0.15, 0.2) is 5.65 Å². The van der Waals surface area contributed by atoms with Gasteiger partial charge in [0.05, 0.1) is 11.2 Å². The lowest BCUT2D eigenvalue weighted by Crippen LogP contribution is -2.28. The van der Waals surface area contributed by atoms with Gasteiger partial charge in [-0.3, -0.25) is 4.79 Å². The van der Waals surface area contributed by atoms with Crippen LogP contribution in [0.4, 0.5) is 10.1 Å². The van der Waals surface area contributed by atoms with E-state index < -0.39 is 17.4 Å². The van der Waals surface area contributed by atoms with E-state index in [-0.39, 0.29) is 12.2 Å². The maximum absolute atomic E-state index is 13.6. The van der Waals surface area contributed by atoms with Crippen LogP contribution in [-0.2, 0) is 11.3 Å². The summed E-state index contributed by atoms with van der Waals surface area (Å²) in [6.45, 7) is 1.60. The zero-order valence-corrected chi connectivity index (χ0v) is 13.8. The first-order chi connectivity index (χ1) is 12.5. The Bertz CT molecular complexity index is 1210. The monoisotopic (exact) mass is 351 g/mol. The predicted octanol–water partition coefficient (Wildman–Crippen LogP) is 2.13. The fourth-order valence-corrected chi connectivity index (χ4v) is 2.76. The molecule has 4 aromatic rings. The molecule has 2 aromatic carbocycles. The second-order valence-corrected chi connectivity index (χ2v) is 5.93. The first kappa shape index (κ1) is 15.9. The Labute approximate surface area is 146 Å². The number of aromatic nitrogens is 4. The van der Waals surface area contributed by atoms with Gasteiger partial charge in [-0.1, -0.05) is 23.8 Å². The average molecular weight is 351 g/mol. The highest BCUT2D eigenvalue weighted by Crippen LogP contribution is 2.17. The Balaban J connectivity index is 1.71. The molecule has 2 aromatic heterocycles. The minimum absolute atomic E-state index is 0.0528. The zero-order chi connectivity index (χ0) is 18.3. The number of hydrogen-bond acceptors (Lipinski definition) is 4. The van der Waals surface area contributed by atoms with Gasteiger partial charge in [0.2, 0.25) is 5.91 Å². The third-order valence-corrected chi connectivity index (χ3v) is 4.02. The molecule has 0 spiro atoms. The smallest absolute Gasteiger partial charge is 0.322 e. The molecule has 0 bridgehead atoms. The Morgan fingerprint density at radius 2 is 2.04 bits per heavy atom. The summed E-state index contributed by atoms with van der Waals surface area (Å²) in [6.07, 6.45) is 1.38. The first-order valence-corrected chi connectivity index (χ1v) is 7.92. The lowest BCUT2D eigenvalue weighted by molar-refractivity contribution is -0.117. The number of hydrogen-bond donors (Lipinski definition) is 1. The molecule has 0 aliphatic carbocycles. The van der Waals surface area contributed by atoms with Crippen molar-refractivity contribution >= 4 is 28.1 Å². The van der Waals surface area contributed by atoms with Crippen LogP contribution in [0.5, 0.6) is 0 Å². The molecule has 26 heavy (non-hydrogen) atoms. The Kier molecular flexibility index (Phi) is 3.72. The SMILES string of the molecule is Cc1ccc2ncn3c(=O)n(CC(=O)Nc4ccccc4F)nc3c2c1. The standard InChI is InChI=1S/C18H14FN5O2/c1-11-6-7-14-12(8-11)17-22-24(18(26)23(17)10-20-14)9-16(25)21-15-5-3-2-4-13(15)19/h2-8,10H,9H2,1H3,(H,21,25). The summed E-state index contributed by atoms with van der Waals surface area (Å²) in [5.74, 6) is -1.09. The van der Waals surface area contributed by atoms with Crippen molar-refractivity contribution in [3.8, 4) is 0 Å². The number of carbonyl (C=O) groups excluding carboxylic acids is 1. The molecule has 0 atom stereocenters. The Hall–Kier alpha value is -3.55. The molecule has 0 fully saturated rings. The van der Waals surface area contributed by atoms with Gasteiger partial charge in [-0.2, -0.15) is 0 Å². The van der Waals surface area contributed by atoms with Crippen molar-refractivity contribution in [3.63, 3.8) is 0 Å². The molecule has 1 N–H and O–H groups in total. The summed E-state index contributed by atoms with van der Waals surface area (Å²) in [6, 6.07) is 11.5. The van der Waals surface area contributed by atoms with E-state index in [9.17, 15) is 14.0 Å². The molecule has 7 nitrogen and oxygen atoms in total. The molecule has 0 saturated heterocycles. The minimum atomic E-state index is -0.547. The van der Waals surface area contributed by atoms with Crippen LogP contribution in [0.2, 0.25) is 0 Å². The normalized spacial score (nSPS) is 11.2. The lowest BCUT2D eigenvalue weighted by atomic mass is 10.2. The predicted molar refractivity (Wildman–Crippen MR) is 94.5 cm³/mol. The summed E-state index contributed by atoms with van der Waals surface area (Å²) in [5.41, 5.74) is 1.70. The van der Waals surface area contributed by atoms with Crippen LogP contribution in [0.15, 0.2) is 53.6 Å². The summed E-state index contributed by atoms with van der Waals surface area (Å²) < 4.78 is 16.0. The number of nitrogens with zero attached hydrogens (tertiary/aromatic N) is 4. The van der Waals surface area contributed by atoms with Crippen molar-refractivity contribution in [2.45, 2.75) is 13.5 Å². The average Bonchev–Trinajstić information content (AvgIpc) is 2.93. The number of fused-ring (bicyclic) bond motifs is 3. The molecule has 0 saturated carbocycles. The second kappa shape index (κ2) is 6.07. The largest absolute Gasteiger partial charge is 0.352 e. The van der Waals surface area contributed by atoms with Crippen molar-refractivity contribution in [1.29, 1.82) is 0 Å². The molecular formula is C18H14FN5O2. The van der Waals surface area contributed by atoms with E-state index in [1.165, 1.54) is 28.9 Å². The van der Waals surface area contributed by atoms with Crippen LogP contribution in [0.1, 0.15) is 5.56 Å². The van der Waals surface area contributed by atoms with Crippen molar-refractivity contribution in [2.24, 2.45) is 0 Å². The van der Waals surface area contributed by atoms with Gasteiger partial charge in [0, 0.05) is 5.39 Å². The van der Waals surface area contributed by atoms with Gasteiger partial charge in [-0.25, -0.2) is 23.3 Å². The van der Waals surface area contributed by atoms with E-state index in [0.29, 0.717) is 11.2 Å². The van der Waals surface area contributed by atoms with Crippen LogP contribution in [0.25, 0.3) is 16.6 Å². The van der Waals surface area contributed by atoms with Gasteiger partial charge < -0.3 is 5.32 Å². The van der Waals surface area contributed by atoms with Crippen LogP contribution in [0, 0.1) is 12.7 Å². The van der Waals surface area contributed by atoms with E-state index in [2.05, 4.69) is 15.4 Å². The van der Waals surface area contributed by atoms with Gasteiger partial charge in [0.1, 0.15) is 18.7 Å². The van der Waals surface area contributed by atoms with Gasteiger partial charge >= 0.3 is 5.69 Å². The molecule has 0 aliphatic heterocycles. The van der Waals surface area contributed by atoms with Crippen molar-refractivity contribution < 1.29 is 9.18 Å². The molecule has 0 unspecified atom stereocenters. The summed E-state index contributed by atoms with van der Waals surface area (Å²) in [4.78, 5) is 28.9.